The zero-order chi connectivity index (χ0) is 19.0. The molecule has 0 saturated carbocycles. The normalized spacial score (nSPS) is 11.1. The summed E-state index contributed by atoms with van der Waals surface area (Å²) in [5.41, 5.74) is 3.17. The second kappa shape index (κ2) is 6.94. The molecule has 0 amide bonds. The van der Waals surface area contributed by atoms with Crippen molar-refractivity contribution in [1.82, 2.24) is 9.72 Å². The molecule has 0 unspecified atom stereocenters. The minimum atomic E-state index is 0.359. The minimum absolute atomic E-state index is 0.359. The van der Waals surface area contributed by atoms with Crippen molar-refractivity contribution in [3.8, 4) is 5.69 Å². The van der Waals surface area contributed by atoms with Crippen LogP contribution in [0.1, 0.15) is 21.7 Å². The molecule has 0 aliphatic rings. The molecule has 4 aromatic rings. The number of benzene rings is 2. The molecule has 0 spiro atoms. The van der Waals surface area contributed by atoms with Gasteiger partial charge in [-0.2, -0.15) is 4.47 Å². The van der Waals surface area contributed by atoms with Crippen molar-refractivity contribution >= 4 is 35.0 Å². The van der Waals surface area contributed by atoms with Crippen LogP contribution >= 0.6 is 11.9 Å². The summed E-state index contributed by atoms with van der Waals surface area (Å²) in [6.45, 7) is 3.64. The average Bonchev–Trinajstić information content (AvgIpc) is 3.23. The Morgan fingerprint density at radius 3 is 2.63 bits per heavy atom. The van der Waals surface area contributed by atoms with Crippen LogP contribution in [0.3, 0.4) is 0 Å². The molecule has 1 N–H and O–H groups in total. The first-order valence-corrected chi connectivity index (χ1v) is 9.12. The Morgan fingerprint density at radius 1 is 1.15 bits per heavy atom. The Kier molecular flexibility index (Phi) is 4.47. The molecule has 7 heteroatoms. The van der Waals surface area contributed by atoms with Crippen LogP contribution in [0.15, 0.2) is 64.1 Å². The first kappa shape index (κ1) is 17.4. The van der Waals surface area contributed by atoms with E-state index >= 15 is 0 Å². The fourth-order valence-corrected chi connectivity index (χ4v) is 3.80. The van der Waals surface area contributed by atoms with Gasteiger partial charge in [0.05, 0.1) is 16.1 Å². The van der Waals surface area contributed by atoms with Gasteiger partial charge in [0, 0.05) is 34.7 Å². The number of hydrogen-bond donors (Lipinski definition) is 1. The van der Waals surface area contributed by atoms with Crippen LogP contribution in [0.25, 0.3) is 16.6 Å². The van der Waals surface area contributed by atoms with Crippen molar-refractivity contribution in [1.29, 1.82) is 0 Å². The maximum absolute atomic E-state index is 11.5. The van der Waals surface area contributed by atoms with Gasteiger partial charge >= 0.3 is 0 Å². The molecule has 4 rings (SSSR count). The molecule has 0 bridgehead atoms. The molecule has 6 nitrogen and oxygen atoms in total. The quantitative estimate of drug-likeness (QED) is 0.300. The lowest BCUT2D eigenvalue weighted by Crippen LogP contribution is -2.10. The Labute approximate surface area is 160 Å². The highest BCUT2D eigenvalue weighted by Gasteiger charge is 2.18. The summed E-state index contributed by atoms with van der Waals surface area (Å²) in [4.78, 5) is 12.3. The standard InChI is InChI=1S/C20H17N3O3S/c1-13-14(2)26-21-20(13)23(25)27-19-10-6-5-9-18(19)22-11-15(12-24)16-7-3-4-8-17(16)22/h3-12,25H,1-2H3. The molecule has 0 aliphatic carbocycles. The lowest BCUT2D eigenvalue weighted by atomic mass is 10.2. The van der Waals surface area contributed by atoms with Crippen LogP contribution < -0.4 is 4.47 Å². The van der Waals surface area contributed by atoms with Crippen molar-refractivity contribution in [2.75, 3.05) is 4.47 Å². The number of hydrogen-bond acceptors (Lipinski definition) is 6. The maximum atomic E-state index is 11.5. The number of aromatic nitrogens is 2. The van der Waals surface area contributed by atoms with Gasteiger partial charge in [-0.15, -0.1) is 0 Å². The van der Waals surface area contributed by atoms with E-state index in [1.165, 1.54) is 0 Å². The first-order chi connectivity index (χ1) is 13.1. The highest BCUT2D eigenvalue weighted by molar-refractivity contribution is 8.00. The van der Waals surface area contributed by atoms with E-state index in [-0.39, 0.29) is 0 Å². The number of fused-ring (bicyclic) bond motifs is 1. The molecule has 2 aromatic heterocycles. The molecule has 0 radical (unpaired) electrons. The highest BCUT2D eigenvalue weighted by Crippen LogP contribution is 2.35. The third-order valence-electron chi connectivity index (χ3n) is 4.49. The summed E-state index contributed by atoms with van der Waals surface area (Å²) in [6, 6.07) is 15.4. The Bertz CT molecular complexity index is 1130. The topological polar surface area (TPSA) is 71.5 Å². The monoisotopic (exact) mass is 379 g/mol. The summed E-state index contributed by atoms with van der Waals surface area (Å²) in [5, 5.41) is 15.3. The van der Waals surface area contributed by atoms with E-state index < -0.39 is 0 Å². The molecular weight excluding hydrogens is 362 g/mol. The van der Waals surface area contributed by atoms with E-state index in [0.717, 1.165) is 49.8 Å². The first-order valence-electron chi connectivity index (χ1n) is 8.34. The third kappa shape index (κ3) is 3.01. The molecule has 136 valence electrons. The Hall–Kier alpha value is -3.03. The number of anilines is 1. The predicted molar refractivity (Wildman–Crippen MR) is 105 cm³/mol. The maximum Gasteiger partial charge on any atom is 0.210 e. The zero-order valence-corrected chi connectivity index (χ0v) is 15.6. The van der Waals surface area contributed by atoms with E-state index in [1.54, 1.807) is 6.92 Å². The molecule has 0 atom stereocenters. The van der Waals surface area contributed by atoms with Gasteiger partial charge < -0.3 is 9.09 Å². The van der Waals surface area contributed by atoms with Crippen molar-refractivity contribution in [2.24, 2.45) is 0 Å². The van der Waals surface area contributed by atoms with Crippen LogP contribution in [0.2, 0.25) is 0 Å². The average molecular weight is 379 g/mol. The summed E-state index contributed by atoms with van der Waals surface area (Å²) in [7, 11) is 0. The number of rotatable bonds is 5. The van der Waals surface area contributed by atoms with E-state index in [9.17, 15) is 10.0 Å². The van der Waals surface area contributed by atoms with Gasteiger partial charge in [-0.1, -0.05) is 35.5 Å². The Balaban J connectivity index is 1.78. The highest BCUT2D eigenvalue weighted by atomic mass is 32.2. The van der Waals surface area contributed by atoms with Crippen LogP contribution in [-0.4, -0.2) is 21.2 Å². The van der Waals surface area contributed by atoms with E-state index in [1.807, 2.05) is 66.2 Å². The predicted octanol–water partition coefficient (Wildman–Crippen LogP) is 4.95. The number of nitrogens with zero attached hydrogens (tertiary/aromatic N) is 3. The lowest BCUT2D eigenvalue weighted by molar-refractivity contribution is 0.112. The van der Waals surface area contributed by atoms with Crippen LogP contribution in [-0.2, 0) is 0 Å². The van der Waals surface area contributed by atoms with Crippen LogP contribution in [0.5, 0.6) is 0 Å². The van der Waals surface area contributed by atoms with Gasteiger partial charge in [-0.3, -0.25) is 10.0 Å². The smallest absolute Gasteiger partial charge is 0.210 e. The summed E-state index contributed by atoms with van der Waals surface area (Å²) in [5.74, 6) is 1.02. The Morgan fingerprint density at radius 2 is 1.89 bits per heavy atom. The van der Waals surface area contributed by atoms with Gasteiger partial charge in [-0.25, -0.2) is 0 Å². The van der Waals surface area contributed by atoms with Crippen LogP contribution in [0.4, 0.5) is 5.82 Å². The molecular formula is C20H17N3O3S. The summed E-state index contributed by atoms with van der Waals surface area (Å²) < 4.78 is 8.09. The number of carbonyl (C=O) groups excluding carboxylic acids is 1. The van der Waals surface area contributed by atoms with Gasteiger partial charge in [0.1, 0.15) is 5.76 Å². The number of para-hydroxylation sites is 2. The zero-order valence-electron chi connectivity index (χ0n) is 14.8. The second-order valence-electron chi connectivity index (χ2n) is 6.11. The SMILES string of the molecule is Cc1onc(N(O)Sc2ccccc2-n2cc(C=O)c3ccccc32)c1C. The minimum Gasteiger partial charge on any atom is -0.359 e. The van der Waals surface area contributed by atoms with Gasteiger partial charge in [0.2, 0.25) is 5.82 Å². The number of carbonyl (C=O) groups is 1. The lowest BCUT2D eigenvalue weighted by Gasteiger charge is -2.16. The van der Waals surface area contributed by atoms with E-state index in [4.69, 9.17) is 4.52 Å². The fraction of sp³-hybridized carbons (Fsp3) is 0.100. The molecule has 2 aromatic carbocycles. The third-order valence-corrected chi connectivity index (χ3v) is 5.38. The van der Waals surface area contributed by atoms with Gasteiger partial charge in [0.25, 0.3) is 0 Å². The fourth-order valence-electron chi connectivity index (χ4n) is 2.95. The largest absolute Gasteiger partial charge is 0.359 e. The van der Waals surface area contributed by atoms with Gasteiger partial charge in [0.15, 0.2) is 6.29 Å². The molecule has 0 aliphatic heterocycles. The van der Waals surface area contributed by atoms with E-state index in [0.29, 0.717) is 17.1 Å². The van der Waals surface area contributed by atoms with Crippen LogP contribution in [0, 0.1) is 13.8 Å². The van der Waals surface area contributed by atoms with Crippen molar-refractivity contribution < 1.29 is 14.5 Å². The van der Waals surface area contributed by atoms with Crippen molar-refractivity contribution in [3.63, 3.8) is 0 Å². The van der Waals surface area contributed by atoms with Crippen molar-refractivity contribution in [2.45, 2.75) is 18.7 Å². The molecule has 0 saturated heterocycles. The molecule has 2 heterocycles. The molecule has 0 fully saturated rings. The number of aldehydes is 1. The summed E-state index contributed by atoms with van der Waals surface area (Å²) in [6.07, 6.45) is 2.67. The molecule has 27 heavy (non-hydrogen) atoms. The number of aryl methyl sites for hydroxylation is 1. The summed E-state index contributed by atoms with van der Waals surface area (Å²) >= 11 is 1.13. The van der Waals surface area contributed by atoms with Gasteiger partial charge in [-0.05, 0) is 32.0 Å². The van der Waals surface area contributed by atoms with Crippen molar-refractivity contribution in [3.05, 3.63) is 71.6 Å². The second-order valence-corrected chi connectivity index (χ2v) is 7.08. The van der Waals surface area contributed by atoms with E-state index in [2.05, 4.69) is 5.16 Å².